The molecule has 1 aromatic heterocycles. The number of aromatic nitrogens is 3. The number of fused-ring (bicyclic) bond motifs is 1. The van der Waals surface area contributed by atoms with E-state index in [1.807, 2.05) is 0 Å². The van der Waals surface area contributed by atoms with Gasteiger partial charge >= 0.3 is 0 Å². The molecule has 0 bridgehead atoms. The van der Waals surface area contributed by atoms with E-state index in [1.165, 1.54) is 40.5 Å². The van der Waals surface area contributed by atoms with E-state index in [2.05, 4.69) is 34.3 Å². The average molecular weight is 320 g/mol. The minimum atomic E-state index is -3.55. The van der Waals surface area contributed by atoms with Gasteiger partial charge in [0.1, 0.15) is 6.33 Å². The third-order valence-corrected chi connectivity index (χ3v) is 5.91. The number of sulfonamides is 1. The number of benzene rings is 1. The van der Waals surface area contributed by atoms with Crippen molar-refractivity contribution in [2.75, 3.05) is 14.1 Å². The van der Waals surface area contributed by atoms with Gasteiger partial charge in [0.05, 0.1) is 0 Å². The molecular formula is C15H20N4O2S. The second kappa shape index (κ2) is 5.81. The first kappa shape index (κ1) is 15.2. The van der Waals surface area contributed by atoms with Crippen LogP contribution in [-0.2, 0) is 29.4 Å². The Bertz CT molecular complexity index is 767. The predicted octanol–water partition coefficient (Wildman–Crippen LogP) is 1.33. The predicted molar refractivity (Wildman–Crippen MR) is 82.9 cm³/mol. The van der Waals surface area contributed by atoms with Crippen LogP contribution in [0.2, 0.25) is 0 Å². The second-order valence-electron chi connectivity index (χ2n) is 5.89. The molecule has 6 nitrogen and oxygen atoms in total. The summed E-state index contributed by atoms with van der Waals surface area (Å²) in [5, 5.41) is 4.14. The molecule has 7 heteroatoms. The van der Waals surface area contributed by atoms with Gasteiger partial charge in [-0.15, -0.1) is 0 Å². The van der Waals surface area contributed by atoms with Crippen LogP contribution in [0.5, 0.6) is 0 Å². The minimum Gasteiger partial charge on any atom is -0.235 e. The fraction of sp³-hybridized carbons (Fsp3) is 0.467. The molecule has 1 heterocycles. The van der Waals surface area contributed by atoms with Crippen LogP contribution < -0.4 is 0 Å². The SMILES string of the molecule is CN(C)S(=O)(=O)c1ncnn1CC1CCc2ccccc2C1. The van der Waals surface area contributed by atoms with Crippen molar-refractivity contribution in [3.05, 3.63) is 41.7 Å². The first-order chi connectivity index (χ1) is 10.5. The van der Waals surface area contributed by atoms with Crippen LogP contribution in [0.1, 0.15) is 17.5 Å². The Morgan fingerprint density at radius 2 is 2.00 bits per heavy atom. The van der Waals surface area contributed by atoms with Crippen molar-refractivity contribution in [3.8, 4) is 0 Å². The summed E-state index contributed by atoms with van der Waals surface area (Å²) in [6.45, 7) is 0.580. The standard InChI is InChI=1S/C15H20N4O2S/c1-18(2)22(20,21)15-16-11-17-19(15)10-12-7-8-13-5-3-4-6-14(13)9-12/h3-6,11-12H,7-10H2,1-2H3. The molecule has 0 saturated heterocycles. The van der Waals surface area contributed by atoms with Crippen molar-refractivity contribution in [3.63, 3.8) is 0 Å². The fourth-order valence-electron chi connectivity index (χ4n) is 2.92. The smallest absolute Gasteiger partial charge is 0.235 e. The lowest BCUT2D eigenvalue weighted by atomic mass is 9.84. The van der Waals surface area contributed by atoms with Gasteiger partial charge in [0, 0.05) is 20.6 Å². The quantitative estimate of drug-likeness (QED) is 0.852. The molecule has 0 amide bonds. The van der Waals surface area contributed by atoms with Crippen molar-refractivity contribution < 1.29 is 8.42 Å². The van der Waals surface area contributed by atoms with E-state index >= 15 is 0 Å². The Morgan fingerprint density at radius 3 is 2.73 bits per heavy atom. The molecule has 1 atom stereocenters. The highest BCUT2D eigenvalue weighted by molar-refractivity contribution is 7.88. The second-order valence-corrected chi connectivity index (χ2v) is 7.94. The monoisotopic (exact) mass is 320 g/mol. The van der Waals surface area contributed by atoms with Gasteiger partial charge in [-0.2, -0.15) is 5.10 Å². The molecule has 1 aliphatic carbocycles. The van der Waals surface area contributed by atoms with Crippen molar-refractivity contribution in [1.82, 2.24) is 19.1 Å². The lowest BCUT2D eigenvalue weighted by Gasteiger charge is -2.25. The van der Waals surface area contributed by atoms with Crippen LogP contribution in [0.3, 0.4) is 0 Å². The van der Waals surface area contributed by atoms with Crippen molar-refractivity contribution in [2.24, 2.45) is 5.92 Å². The lowest BCUT2D eigenvalue weighted by molar-refractivity contribution is 0.354. The van der Waals surface area contributed by atoms with Crippen LogP contribution in [0.25, 0.3) is 0 Å². The van der Waals surface area contributed by atoms with Gasteiger partial charge in [-0.1, -0.05) is 24.3 Å². The van der Waals surface area contributed by atoms with Gasteiger partial charge in [-0.05, 0) is 36.3 Å². The molecule has 22 heavy (non-hydrogen) atoms. The third kappa shape index (κ3) is 2.78. The summed E-state index contributed by atoms with van der Waals surface area (Å²) >= 11 is 0. The van der Waals surface area contributed by atoms with E-state index in [4.69, 9.17) is 0 Å². The van der Waals surface area contributed by atoms with Gasteiger partial charge in [-0.3, -0.25) is 0 Å². The largest absolute Gasteiger partial charge is 0.278 e. The maximum absolute atomic E-state index is 12.3. The molecule has 0 N–H and O–H groups in total. The highest BCUT2D eigenvalue weighted by Crippen LogP contribution is 2.26. The highest BCUT2D eigenvalue weighted by atomic mass is 32.2. The van der Waals surface area contributed by atoms with E-state index in [0.29, 0.717) is 12.5 Å². The van der Waals surface area contributed by atoms with E-state index in [-0.39, 0.29) is 5.16 Å². The van der Waals surface area contributed by atoms with Crippen LogP contribution in [0, 0.1) is 5.92 Å². The highest BCUT2D eigenvalue weighted by Gasteiger charge is 2.26. The molecular weight excluding hydrogens is 300 g/mol. The van der Waals surface area contributed by atoms with Gasteiger partial charge in [-0.25, -0.2) is 22.4 Å². The van der Waals surface area contributed by atoms with Crippen LogP contribution in [0.15, 0.2) is 35.7 Å². The Balaban J connectivity index is 1.80. The van der Waals surface area contributed by atoms with Gasteiger partial charge in [0.2, 0.25) is 0 Å². The van der Waals surface area contributed by atoms with Crippen molar-refractivity contribution >= 4 is 10.0 Å². The lowest BCUT2D eigenvalue weighted by Crippen LogP contribution is -2.28. The van der Waals surface area contributed by atoms with Crippen LogP contribution >= 0.6 is 0 Å². The summed E-state index contributed by atoms with van der Waals surface area (Å²) in [5.41, 5.74) is 2.76. The Kier molecular flexibility index (Phi) is 4.01. The molecule has 1 aromatic carbocycles. The molecule has 0 aliphatic heterocycles. The molecule has 0 saturated carbocycles. The summed E-state index contributed by atoms with van der Waals surface area (Å²) in [6.07, 6.45) is 4.34. The maximum Gasteiger partial charge on any atom is 0.278 e. The summed E-state index contributed by atoms with van der Waals surface area (Å²) < 4.78 is 27.2. The van der Waals surface area contributed by atoms with E-state index in [1.54, 1.807) is 0 Å². The van der Waals surface area contributed by atoms with E-state index in [0.717, 1.165) is 19.3 Å². The topological polar surface area (TPSA) is 68.1 Å². The number of hydrogen-bond donors (Lipinski definition) is 0. The first-order valence-electron chi connectivity index (χ1n) is 7.35. The molecule has 118 valence electrons. The van der Waals surface area contributed by atoms with Crippen LogP contribution in [0.4, 0.5) is 0 Å². The van der Waals surface area contributed by atoms with Crippen molar-refractivity contribution in [1.29, 1.82) is 0 Å². The number of rotatable bonds is 4. The average Bonchev–Trinajstić information content (AvgIpc) is 2.96. The Hall–Kier alpha value is -1.73. The summed E-state index contributed by atoms with van der Waals surface area (Å²) in [7, 11) is -0.542. The van der Waals surface area contributed by atoms with E-state index < -0.39 is 10.0 Å². The number of aryl methyl sites for hydroxylation is 1. The zero-order valence-electron chi connectivity index (χ0n) is 12.8. The Labute approximate surface area is 130 Å². The first-order valence-corrected chi connectivity index (χ1v) is 8.79. The van der Waals surface area contributed by atoms with Crippen LogP contribution in [-0.4, -0.2) is 41.6 Å². The molecule has 1 aliphatic rings. The number of nitrogens with zero attached hydrogens (tertiary/aromatic N) is 4. The summed E-state index contributed by atoms with van der Waals surface area (Å²) in [4.78, 5) is 3.94. The van der Waals surface area contributed by atoms with Gasteiger partial charge in [0.25, 0.3) is 15.2 Å². The summed E-state index contributed by atoms with van der Waals surface area (Å²) in [6, 6.07) is 8.44. The summed E-state index contributed by atoms with van der Waals surface area (Å²) in [5.74, 6) is 0.382. The molecule has 0 radical (unpaired) electrons. The van der Waals surface area contributed by atoms with Crippen molar-refractivity contribution in [2.45, 2.75) is 31.0 Å². The molecule has 0 spiro atoms. The zero-order valence-corrected chi connectivity index (χ0v) is 13.6. The Morgan fingerprint density at radius 1 is 1.27 bits per heavy atom. The minimum absolute atomic E-state index is 0.0244. The van der Waals surface area contributed by atoms with Gasteiger partial charge in [0.15, 0.2) is 0 Å². The maximum atomic E-state index is 12.3. The third-order valence-electron chi connectivity index (χ3n) is 4.17. The molecule has 3 rings (SSSR count). The molecule has 0 fully saturated rings. The number of hydrogen-bond acceptors (Lipinski definition) is 4. The molecule has 1 unspecified atom stereocenters. The van der Waals surface area contributed by atoms with E-state index in [9.17, 15) is 8.42 Å². The normalized spacial score (nSPS) is 18.4. The van der Waals surface area contributed by atoms with Gasteiger partial charge < -0.3 is 0 Å². The fourth-order valence-corrected chi connectivity index (χ4v) is 3.81. The molecule has 2 aromatic rings. The zero-order chi connectivity index (χ0) is 15.7.